The smallest absolute Gasteiger partial charge is 0.0745 e. The molecular weight excluding hydrogens is 118 g/mol. The summed E-state index contributed by atoms with van der Waals surface area (Å²) in [7, 11) is 0. The van der Waals surface area contributed by atoms with Gasteiger partial charge in [0.05, 0.1) is 31.8 Å². The Bertz CT molecular complexity index is 95.7. The number of rotatable bonds is 4. The van der Waals surface area contributed by atoms with E-state index < -0.39 is 6.10 Å². The minimum absolute atomic E-state index is 0.321. The van der Waals surface area contributed by atoms with Crippen molar-refractivity contribution in [3.05, 3.63) is 0 Å². The summed E-state index contributed by atoms with van der Waals surface area (Å²) in [4.78, 5) is 0. The molecule has 1 unspecified atom stereocenters. The maximum Gasteiger partial charge on any atom is 0.0745 e. The van der Waals surface area contributed by atoms with Gasteiger partial charge in [0.2, 0.25) is 0 Å². The van der Waals surface area contributed by atoms with E-state index in [1.165, 1.54) is 0 Å². The Morgan fingerprint density at radius 3 is 2.89 bits per heavy atom. The van der Waals surface area contributed by atoms with Crippen molar-refractivity contribution in [1.29, 1.82) is 5.26 Å². The molecule has 0 saturated heterocycles. The summed E-state index contributed by atoms with van der Waals surface area (Å²) < 4.78 is 4.86. The molecule has 0 aromatic carbocycles. The molecule has 0 radical (unpaired) electrons. The summed E-state index contributed by atoms with van der Waals surface area (Å²) in [5.41, 5.74) is 0. The third-order valence-corrected chi connectivity index (χ3v) is 0.717. The van der Waals surface area contributed by atoms with Crippen molar-refractivity contribution in [2.75, 3.05) is 13.2 Å². The van der Waals surface area contributed by atoms with Crippen LogP contribution in [0.4, 0.5) is 0 Å². The van der Waals surface area contributed by atoms with Crippen molar-refractivity contribution in [3.63, 3.8) is 0 Å². The first-order valence-corrected chi connectivity index (χ1v) is 2.90. The number of hydrogen-bond acceptors (Lipinski definition) is 3. The van der Waals surface area contributed by atoms with Crippen molar-refractivity contribution in [1.82, 2.24) is 0 Å². The van der Waals surface area contributed by atoms with Gasteiger partial charge in [-0.1, -0.05) is 0 Å². The molecule has 0 aliphatic carbocycles. The van der Waals surface area contributed by atoms with Crippen molar-refractivity contribution in [3.8, 4) is 6.07 Å². The summed E-state index contributed by atoms with van der Waals surface area (Å²) in [5, 5.41) is 16.7. The fourth-order valence-electron chi connectivity index (χ4n) is 0.372. The van der Waals surface area contributed by atoms with Gasteiger partial charge in [-0.25, -0.2) is 0 Å². The van der Waals surface area contributed by atoms with Crippen LogP contribution in [0, 0.1) is 11.3 Å². The summed E-state index contributed by atoms with van der Waals surface area (Å²) >= 11 is 0. The van der Waals surface area contributed by atoms with Crippen LogP contribution in [0.15, 0.2) is 0 Å². The topological polar surface area (TPSA) is 53.2 Å². The Morgan fingerprint density at radius 1 is 1.78 bits per heavy atom. The second kappa shape index (κ2) is 5.54. The summed E-state index contributed by atoms with van der Waals surface area (Å²) in [6, 6.07) is 1.93. The number of nitrogens with zero attached hydrogens (tertiary/aromatic N) is 1. The van der Waals surface area contributed by atoms with E-state index in [0.29, 0.717) is 19.6 Å². The minimum atomic E-state index is -0.427. The van der Waals surface area contributed by atoms with Gasteiger partial charge < -0.3 is 9.84 Å². The minimum Gasteiger partial charge on any atom is -0.391 e. The standard InChI is InChI=1S/C6H11NO2/c1-6(8)5-9-4-2-3-7/h6,8H,2,4-5H2,1H3. The molecular formula is C6H11NO2. The first-order chi connectivity index (χ1) is 4.27. The quantitative estimate of drug-likeness (QED) is 0.555. The molecule has 0 rings (SSSR count). The van der Waals surface area contributed by atoms with Gasteiger partial charge in [-0.05, 0) is 6.92 Å². The first-order valence-electron chi connectivity index (χ1n) is 2.90. The Kier molecular flexibility index (Phi) is 5.18. The highest BCUT2D eigenvalue weighted by molar-refractivity contribution is 4.67. The maximum absolute atomic E-state index is 8.64. The predicted octanol–water partition coefficient (Wildman–Crippen LogP) is 0.297. The van der Waals surface area contributed by atoms with Crippen LogP contribution in [-0.2, 0) is 4.74 Å². The molecule has 9 heavy (non-hydrogen) atoms. The largest absolute Gasteiger partial charge is 0.391 e. The van der Waals surface area contributed by atoms with Crippen LogP contribution >= 0.6 is 0 Å². The maximum atomic E-state index is 8.64. The van der Waals surface area contributed by atoms with Crippen LogP contribution in [0.5, 0.6) is 0 Å². The Hall–Kier alpha value is -0.590. The molecule has 52 valence electrons. The molecule has 3 heteroatoms. The molecule has 0 amide bonds. The molecule has 0 aliphatic rings. The fourth-order valence-corrected chi connectivity index (χ4v) is 0.372. The molecule has 1 N–H and O–H groups in total. The Morgan fingerprint density at radius 2 is 2.44 bits per heavy atom. The van der Waals surface area contributed by atoms with Gasteiger partial charge in [0.1, 0.15) is 0 Å². The lowest BCUT2D eigenvalue weighted by atomic mass is 10.4. The zero-order valence-corrected chi connectivity index (χ0v) is 5.50. The normalized spacial score (nSPS) is 12.6. The van der Waals surface area contributed by atoms with Crippen molar-refractivity contribution in [2.45, 2.75) is 19.4 Å². The van der Waals surface area contributed by atoms with Crippen molar-refractivity contribution >= 4 is 0 Å². The molecule has 0 bridgehead atoms. The molecule has 0 saturated carbocycles. The average Bonchev–Trinajstić information content (AvgIpc) is 1.80. The second-order valence-electron chi connectivity index (χ2n) is 1.83. The van der Waals surface area contributed by atoms with Gasteiger partial charge >= 0.3 is 0 Å². The summed E-state index contributed by atoms with van der Waals surface area (Å²) in [5.74, 6) is 0. The van der Waals surface area contributed by atoms with Gasteiger partial charge in [0, 0.05) is 0 Å². The highest BCUT2D eigenvalue weighted by Crippen LogP contribution is 1.84. The molecule has 3 nitrogen and oxygen atoms in total. The molecule has 0 spiro atoms. The number of aliphatic hydroxyl groups is 1. The zero-order chi connectivity index (χ0) is 7.11. The zero-order valence-electron chi connectivity index (χ0n) is 5.50. The molecule has 0 aliphatic heterocycles. The van der Waals surface area contributed by atoms with Crippen LogP contribution in [0.2, 0.25) is 0 Å². The van der Waals surface area contributed by atoms with Gasteiger partial charge in [0.15, 0.2) is 0 Å². The van der Waals surface area contributed by atoms with Crippen LogP contribution in [0.1, 0.15) is 13.3 Å². The van der Waals surface area contributed by atoms with E-state index in [2.05, 4.69) is 0 Å². The molecule has 0 aromatic rings. The molecule has 0 heterocycles. The predicted molar refractivity (Wildman–Crippen MR) is 32.7 cm³/mol. The van der Waals surface area contributed by atoms with Crippen LogP contribution in [0.25, 0.3) is 0 Å². The van der Waals surface area contributed by atoms with E-state index in [4.69, 9.17) is 15.1 Å². The lowest BCUT2D eigenvalue weighted by molar-refractivity contribution is 0.0489. The molecule has 0 aromatic heterocycles. The van der Waals surface area contributed by atoms with Gasteiger partial charge in [-0.3, -0.25) is 0 Å². The molecule has 0 fully saturated rings. The van der Waals surface area contributed by atoms with E-state index in [1.807, 2.05) is 6.07 Å². The number of ether oxygens (including phenoxy) is 1. The van der Waals surface area contributed by atoms with E-state index in [1.54, 1.807) is 6.92 Å². The number of hydrogen-bond donors (Lipinski definition) is 1. The van der Waals surface area contributed by atoms with Crippen LogP contribution in [-0.4, -0.2) is 24.4 Å². The van der Waals surface area contributed by atoms with E-state index >= 15 is 0 Å². The van der Waals surface area contributed by atoms with E-state index in [-0.39, 0.29) is 0 Å². The van der Waals surface area contributed by atoms with Crippen molar-refractivity contribution < 1.29 is 9.84 Å². The van der Waals surface area contributed by atoms with Gasteiger partial charge in [-0.2, -0.15) is 5.26 Å². The second-order valence-corrected chi connectivity index (χ2v) is 1.83. The fraction of sp³-hybridized carbons (Fsp3) is 0.833. The van der Waals surface area contributed by atoms with E-state index in [0.717, 1.165) is 0 Å². The monoisotopic (exact) mass is 129 g/mol. The third-order valence-electron chi connectivity index (χ3n) is 0.717. The van der Waals surface area contributed by atoms with Crippen LogP contribution < -0.4 is 0 Å². The SMILES string of the molecule is CC(O)COCCC#N. The average molecular weight is 129 g/mol. The van der Waals surface area contributed by atoms with Crippen LogP contribution in [0.3, 0.4) is 0 Å². The highest BCUT2D eigenvalue weighted by atomic mass is 16.5. The van der Waals surface area contributed by atoms with E-state index in [9.17, 15) is 0 Å². The summed E-state index contributed by atoms with van der Waals surface area (Å²) in [6.07, 6.45) is -0.0316. The van der Waals surface area contributed by atoms with Crippen molar-refractivity contribution in [2.24, 2.45) is 0 Å². The lowest BCUT2D eigenvalue weighted by Crippen LogP contribution is -2.10. The number of aliphatic hydroxyl groups excluding tert-OH is 1. The third kappa shape index (κ3) is 7.41. The lowest BCUT2D eigenvalue weighted by Gasteiger charge is -2.02. The first kappa shape index (κ1) is 8.41. The van der Waals surface area contributed by atoms with Gasteiger partial charge in [-0.15, -0.1) is 0 Å². The molecule has 1 atom stereocenters. The number of nitriles is 1. The summed E-state index contributed by atoms with van der Waals surface area (Å²) in [6.45, 7) is 2.38. The highest BCUT2D eigenvalue weighted by Gasteiger charge is 1.92. The van der Waals surface area contributed by atoms with Gasteiger partial charge in [0.25, 0.3) is 0 Å². The Balaban J connectivity index is 2.85. The Labute approximate surface area is 54.9 Å².